The summed E-state index contributed by atoms with van der Waals surface area (Å²) in [6.07, 6.45) is 3.33. The third kappa shape index (κ3) is 7.17. The second-order valence-corrected chi connectivity index (χ2v) is 8.39. The monoisotopic (exact) mass is 481 g/mol. The van der Waals surface area contributed by atoms with E-state index in [-0.39, 0.29) is 30.7 Å². The molecular formula is C24H27N5O4S. The molecule has 1 aromatic carbocycles. The standard InChI is InChI=1S/C24H27N5O4S/c1-16-10-17(2)27-24(26-16)34-15-23(31)29(13-18-6-5-9-25-12-18)14-22(30)28-20-8-7-19(32-3)11-21(20)33-4/h5-12H,13-15H2,1-4H3,(H,28,30). The van der Waals surface area contributed by atoms with E-state index in [4.69, 9.17) is 9.47 Å². The smallest absolute Gasteiger partial charge is 0.244 e. The van der Waals surface area contributed by atoms with Crippen molar-refractivity contribution in [3.05, 3.63) is 65.7 Å². The summed E-state index contributed by atoms with van der Waals surface area (Å²) in [4.78, 5) is 40.3. The summed E-state index contributed by atoms with van der Waals surface area (Å²) >= 11 is 1.24. The highest BCUT2D eigenvalue weighted by atomic mass is 32.2. The number of hydrogen-bond acceptors (Lipinski definition) is 8. The Hall–Kier alpha value is -3.66. The van der Waals surface area contributed by atoms with Crippen molar-refractivity contribution in [1.82, 2.24) is 19.9 Å². The zero-order chi connectivity index (χ0) is 24.5. The van der Waals surface area contributed by atoms with Crippen molar-refractivity contribution in [1.29, 1.82) is 0 Å². The van der Waals surface area contributed by atoms with Crippen LogP contribution in [0.15, 0.2) is 53.9 Å². The molecule has 0 fully saturated rings. The molecule has 2 aromatic heterocycles. The van der Waals surface area contributed by atoms with Crippen LogP contribution in [0.3, 0.4) is 0 Å². The summed E-state index contributed by atoms with van der Waals surface area (Å²) in [7, 11) is 3.06. The Bertz CT molecular complexity index is 1120. The Morgan fingerprint density at radius 2 is 1.82 bits per heavy atom. The molecule has 2 heterocycles. The maximum Gasteiger partial charge on any atom is 0.244 e. The normalized spacial score (nSPS) is 10.5. The van der Waals surface area contributed by atoms with Crippen molar-refractivity contribution in [3.63, 3.8) is 0 Å². The van der Waals surface area contributed by atoms with Gasteiger partial charge in [0.15, 0.2) is 5.16 Å². The number of anilines is 1. The molecule has 9 nitrogen and oxygen atoms in total. The number of amides is 2. The van der Waals surface area contributed by atoms with E-state index in [0.717, 1.165) is 17.0 Å². The van der Waals surface area contributed by atoms with Crippen LogP contribution in [-0.4, -0.2) is 58.2 Å². The SMILES string of the molecule is COc1ccc(NC(=O)CN(Cc2cccnc2)C(=O)CSc2nc(C)cc(C)n2)c(OC)c1. The first-order valence-electron chi connectivity index (χ1n) is 10.5. The Morgan fingerprint density at radius 3 is 2.47 bits per heavy atom. The van der Waals surface area contributed by atoms with Crippen LogP contribution in [0.25, 0.3) is 0 Å². The number of rotatable bonds is 10. The maximum absolute atomic E-state index is 13.1. The zero-order valence-corrected chi connectivity index (χ0v) is 20.4. The van der Waals surface area contributed by atoms with E-state index in [2.05, 4.69) is 20.3 Å². The molecule has 0 spiro atoms. The number of hydrogen-bond donors (Lipinski definition) is 1. The van der Waals surface area contributed by atoms with Crippen LogP contribution in [0.1, 0.15) is 17.0 Å². The third-order valence-electron chi connectivity index (χ3n) is 4.75. The van der Waals surface area contributed by atoms with E-state index in [9.17, 15) is 9.59 Å². The molecule has 0 saturated heterocycles. The second-order valence-electron chi connectivity index (χ2n) is 7.45. The largest absolute Gasteiger partial charge is 0.497 e. The molecule has 3 aromatic rings. The highest BCUT2D eigenvalue weighted by molar-refractivity contribution is 7.99. The van der Waals surface area contributed by atoms with E-state index in [1.165, 1.54) is 23.8 Å². The summed E-state index contributed by atoms with van der Waals surface area (Å²) in [6, 6.07) is 10.6. The number of carbonyl (C=O) groups is 2. The number of aromatic nitrogens is 3. The third-order valence-corrected chi connectivity index (χ3v) is 5.58. The molecule has 0 aliphatic rings. The molecule has 0 bridgehead atoms. The van der Waals surface area contributed by atoms with E-state index < -0.39 is 0 Å². The van der Waals surface area contributed by atoms with Crippen LogP contribution in [0.4, 0.5) is 5.69 Å². The molecule has 0 aliphatic heterocycles. The number of carbonyl (C=O) groups excluding carboxylic acids is 2. The lowest BCUT2D eigenvalue weighted by Gasteiger charge is -2.22. The van der Waals surface area contributed by atoms with Crippen LogP contribution < -0.4 is 14.8 Å². The molecule has 10 heteroatoms. The van der Waals surface area contributed by atoms with Gasteiger partial charge in [-0.3, -0.25) is 14.6 Å². The van der Waals surface area contributed by atoms with Crippen molar-refractivity contribution in [3.8, 4) is 11.5 Å². The molecule has 2 amide bonds. The van der Waals surface area contributed by atoms with Gasteiger partial charge in [-0.05, 0) is 43.7 Å². The fourth-order valence-electron chi connectivity index (χ4n) is 3.18. The Kier molecular flexibility index (Phi) is 8.80. The molecular weight excluding hydrogens is 454 g/mol. The minimum absolute atomic E-state index is 0.0995. The van der Waals surface area contributed by atoms with Gasteiger partial charge in [-0.15, -0.1) is 0 Å². The molecule has 0 radical (unpaired) electrons. The fraction of sp³-hybridized carbons (Fsp3) is 0.292. The molecule has 3 rings (SSSR count). The van der Waals surface area contributed by atoms with Crippen molar-refractivity contribution in [2.24, 2.45) is 0 Å². The van der Waals surface area contributed by atoms with Crippen LogP contribution in [0.2, 0.25) is 0 Å². The first kappa shape index (κ1) is 25.0. The predicted molar refractivity (Wildman–Crippen MR) is 130 cm³/mol. The number of pyridine rings is 1. The first-order valence-corrected chi connectivity index (χ1v) is 11.5. The number of nitrogens with one attached hydrogen (secondary N) is 1. The summed E-state index contributed by atoms with van der Waals surface area (Å²) < 4.78 is 10.5. The molecule has 1 N–H and O–H groups in total. The second kappa shape index (κ2) is 12.0. The lowest BCUT2D eigenvalue weighted by molar-refractivity contribution is -0.133. The van der Waals surface area contributed by atoms with Gasteiger partial charge in [-0.25, -0.2) is 9.97 Å². The number of benzene rings is 1. The molecule has 0 unspecified atom stereocenters. The summed E-state index contributed by atoms with van der Waals surface area (Å²) in [5, 5.41) is 3.34. The lowest BCUT2D eigenvalue weighted by atomic mass is 10.2. The van der Waals surface area contributed by atoms with Gasteiger partial charge in [0.1, 0.15) is 18.0 Å². The number of thioether (sulfide) groups is 1. The van der Waals surface area contributed by atoms with Crippen molar-refractivity contribution >= 4 is 29.3 Å². The number of methoxy groups -OCH3 is 2. The summed E-state index contributed by atoms with van der Waals surface area (Å²) in [5.74, 6) is 0.596. The molecule has 178 valence electrons. The quantitative estimate of drug-likeness (QED) is 0.347. The molecule has 0 atom stereocenters. The van der Waals surface area contributed by atoms with Crippen LogP contribution in [0, 0.1) is 13.8 Å². The Morgan fingerprint density at radius 1 is 1.06 bits per heavy atom. The van der Waals surface area contributed by atoms with Crippen molar-refractivity contribution in [2.45, 2.75) is 25.5 Å². The minimum Gasteiger partial charge on any atom is -0.497 e. The number of ether oxygens (including phenoxy) is 2. The minimum atomic E-state index is -0.353. The summed E-state index contributed by atoms with van der Waals surface area (Å²) in [5.41, 5.74) is 2.98. The zero-order valence-electron chi connectivity index (χ0n) is 19.6. The average molecular weight is 482 g/mol. The Balaban J connectivity index is 1.72. The molecule has 34 heavy (non-hydrogen) atoms. The van der Waals surface area contributed by atoms with Crippen LogP contribution in [0.5, 0.6) is 11.5 Å². The van der Waals surface area contributed by atoms with E-state index in [0.29, 0.717) is 22.3 Å². The predicted octanol–water partition coefficient (Wildman–Crippen LogP) is 3.27. The fourth-order valence-corrected chi connectivity index (χ4v) is 4.04. The lowest BCUT2D eigenvalue weighted by Crippen LogP contribution is -2.38. The van der Waals surface area contributed by atoms with Gasteiger partial charge in [0.25, 0.3) is 0 Å². The van der Waals surface area contributed by atoms with E-state index in [1.807, 2.05) is 26.0 Å². The Labute approximate surface area is 202 Å². The van der Waals surface area contributed by atoms with E-state index >= 15 is 0 Å². The number of nitrogens with zero attached hydrogens (tertiary/aromatic N) is 4. The molecule has 0 aliphatic carbocycles. The van der Waals surface area contributed by atoms with Gasteiger partial charge < -0.3 is 19.7 Å². The average Bonchev–Trinajstić information content (AvgIpc) is 2.82. The maximum atomic E-state index is 13.1. The van der Waals surface area contributed by atoms with Gasteiger partial charge in [0, 0.05) is 36.4 Å². The first-order chi connectivity index (χ1) is 16.4. The van der Waals surface area contributed by atoms with E-state index in [1.54, 1.807) is 43.8 Å². The van der Waals surface area contributed by atoms with Gasteiger partial charge in [0.05, 0.1) is 25.7 Å². The van der Waals surface area contributed by atoms with Gasteiger partial charge in [-0.1, -0.05) is 17.8 Å². The highest BCUT2D eigenvalue weighted by Gasteiger charge is 2.20. The summed E-state index contributed by atoms with van der Waals surface area (Å²) in [6.45, 7) is 3.87. The highest BCUT2D eigenvalue weighted by Crippen LogP contribution is 2.29. The van der Waals surface area contributed by atoms with Crippen molar-refractivity contribution < 1.29 is 19.1 Å². The van der Waals surface area contributed by atoms with Gasteiger partial charge >= 0.3 is 0 Å². The van der Waals surface area contributed by atoms with Gasteiger partial charge in [0.2, 0.25) is 11.8 Å². The number of aryl methyl sites for hydroxylation is 2. The topological polar surface area (TPSA) is 107 Å². The van der Waals surface area contributed by atoms with Gasteiger partial charge in [-0.2, -0.15) is 0 Å². The van der Waals surface area contributed by atoms with Crippen LogP contribution >= 0.6 is 11.8 Å². The molecule has 0 saturated carbocycles. The van der Waals surface area contributed by atoms with Crippen molar-refractivity contribution in [2.75, 3.05) is 31.8 Å². The van der Waals surface area contributed by atoms with Crippen LogP contribution in [-0.2, 0) is 16.1 Å².